The molecule has 2 unspecified atom stereocenters. The highest BCUT2D eigenvalue weighted by Crippen LogP contribution is 2.31. The third-order valence-corrected chi connectivity index (χ3v) is 3.54. The van der Waals surface area contributed by atoms with Gasteiger partial charge in [0.2, 0.25) is 0 Å². The Morgan fingerprint density at radius 1 is 1.25 bits per heavy atom. The number of ether oxygens (including phenoxy) is 3. The van der Waals surface area contributed by atoms with Crippen molar-refractivity contribution in [2.75, 3.05) is 19.8 Å². The van der Waals surface area contributed by atoms with Gasteiger partial charge in [-0.1, -0.05) is 0 Å². The van der Waals surface area contributed by atoms with Crippen molar-refractivity contribution in [1.29, 1.82) is 0 Å². The molecule has 4 nitrogen and oxygen atoms in total. The largest absolute Gasteiger partial charge is 0.490 e. The predicted molar refractivity (Wildman–Crippen MR) is 76.6 cm³/mol. The molecule has 1 fully saturated rings. The molecule has 1 aromatic rings. The molecule has 4 heteroatoms. The van der Waals surface area contributed by atoms with Crippen LogP contribution in [-0.4, -0.2) is 31.7 Å². The van der Waals surface area contributed by atoms with E-state index in [4.69, 9.17) is 14.2 Å². The predicted octanol–water partition coefficient (Wildman–Crippen LogP) is 3.09. The molecule has 20 heavy (non-hydrogen) atoms. The van der Waals surface area contributed by atoms with Gasteiger partial charge in [-0.15, -0.1) is 0 Å². The molecule has 1 heterocycles. The number of hydrogen-bond donors (Lipinski definition) is 0. The van der Waals surface area contributed by atoms with E-state index < -0.39 is 0 Å². The van der Waals surface area contributed by atoms with Crippen LogP contribution in [0.5, 0.6) is 11.5 Å². The van der Waals surface area contributed by atoms with Crippen molar-refractivity contribution >= 4 is 5.78 Å². The average molecular weight is 278 g/mol. The molecule has 1 saturated heterocycles. The fourth-order valence-corrected chi connectivity index (χ4v) is 2.49. The van der Waals surface area contributed by atoms with Crippen LogP contribution in [0.1, 0.15) is 37.6 Å². The smallest absolute Gasteiger partial charge is 0.168 e. The van der Waals surface area contributed by atoms with E-state index in [1.165, 1.54) is 0 Å². The van der Waals surface area contributed by atoms with Crippen molar-refractivity contribution in [1.82, 2.24) is 0 Å². The van der Waals surface area contributed by atoms with Crippen LogP contribution < -0.4 is 9.47 Å². The van der Waals surface area contributed by atoms with Crippen LogP contribution in [0.15, 0.2) is 18.2 Å². The maximum Gasteiger partial charge on any atom is 0.168 e. The van der Waals surface area contributed by atoms with Gasteiger partial charge < -0.3 is 14.2 Å². The zero-order valence-electron chi connectivity index (χ0n) is 12.3. The first-order valence-electron chi connectivity index (χ1n) is 7.22. The highest BCUT2D eigenvalue weighted by atomic mass is 16.5. The lowest BCUT2D eigenvalue weighted by Gasteiger charge is -2.15. The second-order valence-electron chi connectivity index (χ2n) is 4.86. The maximum atomic E-state index is 12.5. The third-order valence-electron chi connectivity index (χ3n) is 3.54. The SMILES string of the molecule is CCOc1ccc(C(=O)C2CCOC2C)cc1OCC. The summed E-state index contributed by atoms with van der Waals surface area (Å²) in [5.41, 5.74) is 0.666. The number of carbonyl (C=O) groups excluding carboxylic acids is 1. The van der Waals surface area contributed by atoms with Gasteiger partial charge in [0.15, 0.2) is 17.3 Å². The number of hydrogen-bond acceptors (Lipinski definition) is 4. The quantitative estimate of drug-likeness (QED) is 0.750. The van der Waals surface area contributed by atoms with E-state index in [0.717, 1.165) is 6.42 Å². The van der Waals surface area contributed by atoms with Gasteiger partial charge in [-0.05, 0) is 45.4 Å². The van der Waals surface area contributed by atoms with E-state index in [0.29, 0.717) is 36.9 Å². The molecule has 0 aliphatic carbocycles. The van der Waals surface area contributed by atoms with Gasteiger partial charge in [0.25, 0.3) is 0 Å². The summed E-state index contributed by atoms with van der Waals surface area (Å²) in [6.45, 7) is 7.56. The van der Waals surface area contributed by atoms with Crippen molar-refractivity contribution in [2.24, 2.45) is 5.92 Å². The topological polar surface area (TPSA) is 44.8 Å². The molecular weight excluding hydrogens is 256 g/mol. The number of Topliss-reactive ketones (excluding diaryl/α,β-unsaturated/α-hetero) is 1. The highest BCUT2D eigenvalue weighted by Gasteiger charge is 2.31. The Morgan fingerprint density at radius 3 is 2.55 bits per heavy atom. The second-order valence-corrected chi connectivity index (χ2v) is 4.86. The zero-order chi connectivity index (χ0) is 14.5. The van der Waals surface area contributed by atoms with Crippen molar-refractivity contribution < 1.29 is 19.0 Å². The Bertz CT molecular complexity index is 470. The van der Waals surface area contributed by atoms with Gasteiger partial charge in [0, 0.05) is 12.2 Å². The van der Waals surface area contributed by atoms with E-state index in [2.05, 4.69) is 0 Å². The summed E-state index contributed by atoms with van der Waals surface area (Å²) in [5.74, 6) is 1.38. The first-order chi connectivity index (χ1) is 9.67. The van der Waals surface area contributed by atoms with Gasteiger partial charge in [0.05, 0.1) is 25.2 Å². The van der Waals surface area contributed by atoms with Gasteiger partial charge in [0.1, 0.15) is 0 Å². The van der Waals surface area contributed by atoms with Crippen molar-refractivity contribution in [2.45, 2.75) is 33.3 Å². The Labute approximate surface area is 120 Å². The van der Waals surface area contributed by atoms with Crippen molar-refractivity contribution in [3.8, 4) is 11.5 Å². The average Bonchev–Trinajstić information content (AvgIpc) is 2.86. The summed E-state index contributed by atoms with van der Waals surface area (Å²) in [6, 6.07) is 5.39. The van der Waals surface area contributed by atoms with E-state index in [1.807, 2.05) is 26.8 Å². The standard InChI is InChI=1S/C16H22O4/c1-4-18-14-7-6-12(10-15(14)19-5-2)16(17)13-8-9-20-11(13)3/h6-7,10-11,13H,4-5,8-9H2,1-3H3. The number of carbonyl (C=O) groups is 1. The summed E-state index contributed by atoms with van der Waals surface area (Å²) < 4.78 is 16.5. The molecular formula is C16H22O4. The lowest BCUT2D eigenvalue weighted by molar-refractivity contribution is 0.0764. The molecule has 0 aromatic heterocycles. The lowest BCUT2D eigenvalue weighted by atomic mass is 9.92. The number of benzene rings is 1. The minimum Gasteiger partial charge on any atom is -0.490 e. The van der Waals surface area contributed by atoms with Gasteiger partial charge >= 0.3 is 0 Å². The van der Waals surface area contributed by atoms with E-state index in [1.54, 1.807) is 12.1 Å². The fourth-order valence-electron chi connectivity index (χ4n) is 2.49. The maximum absolute atomic E-state index is 12.5. The minimum atomic E-state index is -0.0533. The van der Waals surface area contributed by atoms with Crippen LogP contribution in [0, 0.1) is 5.92 Å². The molecule has 1 aliphatic heterocycles. The first kappa shape index (κ1) is 14.9. The Hall–Kier alpha value is -1.55. The molecule has 1 aliphatic rings. The summed E-state index contributed by atoms with van der Waals surface area (Å²) in [5, 5.41) is 0. The fraction of sp³-hybridized carbons (Fsp3) is 0.562. The minimum absolute atomic E-state index is 0.00962. The molecule has 0 bridgehead atoms. The number of rotatable bonds is 6. The van der Waals surface area contributed by atoms with Crippen molar-refractivity contribution in [3.63, 3.8) is 0 Å². The lowest BCUT2D eigenvalue weighted by Crippen LogP contribution is -2.21. The van der Waals surface area contributed by atoms with Crippen LogP contribution in [0.2, 0.25) is 0 Å². The van der Waals surface area contributed by atoms with Gasteiger partial charge in [-0.3, -0.25) is 4.79 Å². The Morgan fingerprint density at radius 2 is 1.95 bits per heavy atom. The molecule has 2 atom stereocenters. The Balaban J connectivity index is 2.23. The molecule has 0 spiro atoms. The summed E-state index contributed by atoms with van der Waals surface area (Å²) in [4.78, 5) is 12.5. The summed E-state index contributed by atoms with van der Waals surface area (Å²) in [6.07, 6.45) is 0.779. The monoisotopic (exact) mass is 278 g/mol. The van der Waals surface area contributed by atoms with E-state index in [9.17, 15) is 4.79 Å². The summed E-state index contributed by atoms with van der Waals surface area (Å²) in [7, 11) is 0. The molecule has 0 saturated carbocycles. The van der Waals surface area contributed by atoms with Crippen LogP contribution in [0.3, 0.4) is 0 Å². The molecule has 1 aromatic carbocycles. The van der Waals surface area contributed by atoms with Crippen LogP contribution >= 0.6 is 0 Å². The highest BCUT2D eigenvalue weighted by molar-refractivity contribution is 5.99. The van der Waals surface area contributed by atoms with Crippen molar-refractivity contribution in [3.05, 3.63) is 23.8 Å². The third kappa shape index (κ3) is 3.12. The number of ketones is 1. The summed E-state index contributed by atoms with van der Waals surface area (Å²) >= 11 is 0. The molecule has 2 rings (SSSR count). The Kier molecular flexibility index (Phi) is 5.01. The first-order valence-corrected chi connectivity index (χ1v) is 7.22. The molecule has 0 N–H and O–H groups in total. The van der Waals surface area contributed by atoms with Gasteiger partial charge in [-0.25, -0.2) is 0 Å². The normalized spacial score (nSPS) is 21.8. The van der Waals surface area contributed by atoms with Crippen LogP contribution in [0.4, 0.5) is 0 Å². The van der Waals surface area contributed by atoms with E-state index >= 15 is 0 Å². The van der Waals surface area contributed by atoms with Crippen LogP contribution in [-0.2, 0) is 4.74 Å². The van der Waals surface area contributed by atoms with Gasteiger partial charge in [-0.2, -0.15) is 0 Å². The van der Waals surface area contributed by atoms with E-state index in [-0.39, 0.29) is 17.8 Å². The molecule has 110 valence electrons. The second kappa shape index (κ2) is 6.75. The molecule has 0 amide bonds. The molecule has 0 radical (unpaired) electrons. The van der Waals surface area contributed by atoms with Crippen LogP contribution in [0.25, 0.3) is 0 Å². The zero-order valence-corrected chi connectivity index (χ0v) is 12.3.